The van der Waals surface area contributed by atoms with Crippen molar-refractivity contribution in [3.05, 3.63) is 10.4 Å². The highest BCUT2D eigenvalue weighted by atomic mass is 16.6. The fourth-order valence-electron chi connectivity index (χ4n) is 1.99. The first-order chi connectivity index (χ1) is 12.2. The molecule has 0 aromatic heterocycles. The number of hydrogen-bond acceptors (Lipinski definition) is 6. The van der Waals surface area contributed by atoms with Gasteiger partial charge < -0.3 is 20.1 Å². The summed E-state index contributed by atoms with van der Waals surface area (Å²) in [5, 5.41) is 8.60. The van der Waals surface area contributed by atoms with Gasteiger partial charge in [-0.2, -0.15) is 0 Å². The summed E-state index contributed by atoms with van der Waals surface area (Å²) in [7, 11) is 1.25. The Labute approximate surface area is 153 Å². The van der Waals surface area contributed by atoms with Crippen molar-refractivity contribution in [1.82, 2.24) is 10.6 Å². The molecule has 0 aromatic carbocycles. The van der Waals surface area contributed by atoms with Crippen LogP contribution in [0.2, 0.25) is 0 Å². The Morgan fingerprint density at radius 3 is 2.46 bits per heavy atom. The Bertz CT molecular complexity index is 512. The van der Waals surface area contributed by atoms with Gasteiger partial charge in [0.2, 0.25) is 5.91 Å². The number of methoxy groups -OCH3 is 1. The van der Waals surface area contributed by atoms with E-state index in [1.54, 1.807) is 20.8 Å². The third-order valence-electron chi connectivity index (χ3n) is 3.14. The van der Waals surface area contributed by atoms with Gasteiger partial charge in [0.1, 0.15) is 11.6 Å². The molecule has 0 unspecified atom stereocenters. The lowest BCUT2D eigenvalue weighted by atomic mass is 10.1. The number of ether oxygens (including phenoxy) is 2. The summed E-state index contributed by atoms with van der Waals surface area (Å²) in [5.74, 6) is -0.660. The summed E-state index contributed by atoms with van der Waals surface area (Å²) in [6.07, 6.45) is 1.74. The Morgan fingerprint density at radius 2 is 1.88 bits per heavy atom. The van der Waals surface area contributed by atoms with Crippen LogP contribution in [0.1, 0.15) is 52.9 Å². The molecule has 0 spiro atoms. The van der Waals surface area contributed by atoms with Crippen molar-refractivity contribution in [3.8, 4) is 0 Å². The predicted molar refractivity (Wildman–Crippen MR) is 95.3 cm³/mol. The Morgan fingerprint density at radius 1 is 1.19 bits per heavy atom. The molecule has 2 N–H and O–H groups in total. The maximum atomic E-state index is 11.8. The van der Waals surface area contributed by atoms with Crippen LogP contribution in [0.25, 0.3) is 10.4 Å². The van der Waals surface area contributed by atoms with Crippen molar-refractivity contribution in [2.45, 2.75) is 64.5 Å². The maximum Gasteiger partial charge on any atom is 0.408 e. The van der Waals surface area contributed by atoms with Crippen LogP contribution < -0.4 is 10.6 Å². The van der Waals surface area contributed by atoms with Crippen LogP contribution in [0.4, 0.5) is 4.79 Å². The van der Waals surface area contributed by atoms with E-state index in [1.165, 1.54) is 7.11 Å². The van der Waals surface area contributed by atoms with Crippen molar-refractivity contribution in [3.63, 3.8) is 0 Å². The van der Waals surface area contributed by atoms with Crippen LogP contribution in [0, 0.1) is 0 Å². The van der Waals surface area contributed by atoms with Gasteiger partial charge in [0, 0.05) is 24.4 Å². The van der Waals surface area contributed by atoms with Crippen LogP contribution in [-0.4, -0.2) is 49.8 Å². The number of rotatable bonds is 11. The molecule has 0 radical (unpaired) electrons. The number of hydrogen-bond donors (Lipinski definition) is 2. The smallest absolute Gasteiger partial charge is 0.408 e. The van der Waals surface area contributed by atoms with E-state index in [0.29, 0.717) is 45.2 Å². The molecule has 148 valence electrons. The van der Waals surface area contributed by atoms with E-state index in [4.69, 9.17) is 10.3 Å². The van der Waals surface area contributed by atoms with Crippen molar-refractivity contribution in [2.75, 3.05) is 20.2 Å². The van der Waals surface area contributed by atoms with E-state index in [-0.39, 0.29) is 5.91 Å². The largest absolute Gasteiger partial charge is 0.467 e. The summed E-state index contributed by atoms with van der Waals surface area (Å²) in [4.78, 5) is 37.7. The monoisotopic (exact) mass is 371 g/mol. The second-order valence-electron chi connectivity index (χ2n) is 6.63. The van der Waals surface area contributed by atoms with Crippen LogP contribution in [0.3, 0.4) is 0 Å². The highest BCUT2D eigenvalue weighted by Crippen LogP contribution is 2.09. The number of alkyl carbamates (subject to hydrolysis) is 1. The average Bonchev–Trinajstić information content (AvgIpc) is 2.55. The minimum absolute atomic E-state index is 0.116. The molecule has 0 fully saturated rings. The van der Waals surface area contributed by atoms with Crippen molar-refractivity contribution in [1.29, 1.82) is 0 Å². The van der Waals surface area contributed by atoms with E-state index >= 15 is 0 Å². The lowest BCUT2D eigenvalue weighted by Crippen LogP contribution is -2.44. The highest BCUT2D eigenvalue weighted by molar-refractivity contribution is 5.81. The molecule has 0 aliphatic carbocycles. The zero-order valence-electron chi connectivity index (χ0n) is 15.9. The number of nitrogens with zero attached hydrogens (tertiary/aromatic N) is 3. The topological polar surface area (TPSA) is 142 Å². The number of unbranched alkanes of at least 4 members (excludes halogenated alkanes) is 1. The van der Waals surface area contributed by atoms with Gasteiger partial charge in [-0.15, -0.1) is 0 Å². The standard InChI is InChI=1S/C16H29N5O5/c1-16(2,3)26-15(24)20-12(14(23)25-4)8-5-6-10-18-13(22)9-7-11-19-21-17/h12H,5-11H2,1-4H3,(H,18,22)(H,20,24)/t12-/m0/s1. The number of amides is 2. The molecule has 0 bridgehead atoms. The molecule has 0 saturated heterocycles. The molecule has 2 amide bonds. The summed E-state index contributed by atoms with van der Waals surface area (Å²) < 4.78 is 9.82. The Balaban J connectivity index is 4.11. The zero-order valence-corrected chi connectivity index (χ0v) is 15.9. The normalized spacial score (nSPS) is 11.7. The highest BCUT2D eigenvalue weighted by Gasteiger charge is 2.24. The Kier molecular flexibility index (Phi) is 11.6. The fourth-order valence-corrected chi connectivity index (χ4v) is 1.99. The minimum Gasteiger partial charge on any atom is -0.467 e. The van der Waals surface area contributed by atoms with Gasteiger partial charge in [0.05, 0.1) is 7.11 Å². The van der Waals surface area contributed by atoms with E-state index < -0.39 is 23.7 Å². The third-order valence-corrected chi connectivity index (χ3v) is 3.14. The number of nitrogens with one attached hydrogen (secondary N) is 2. The molecule has 0 aliphatic rings. The fraction of sp³-hybridized carbons (Fsp3) is 0.812. The van der Waals surface area contributed by atoms with Crippen LogP contribution in [0.5, 0.6) is 0 Å². The van der Waals surface area contributed by atoms with E-state index in [2.05, 4.69) is 25.4 Å². The predicted octanol–water partition coefficient (Wildman–Crippen LogP) is 2.43. The minimum atomic E-state index is -0.797. The first-order valence-corrected chi connectivity index (χ1v) is 8.54. The van der Waals surface area contributed by atoms with Crippen LogP contribution in [-0.2, 0) is 19.1 Å². The van der Waals surface area contributed by atoms with E-state index in [0.717, 1.165) is 0 Å². The summed E-state index contributed by atoms with van der Waals surface area (Å²) in [6, 6.07) is -0.797. The average molecular weight is 371 g/mol. The molecular formula is C16H29N5O5. The van der Waals surface area contributed by atoms with Crippen LogP contribution in [0.15, 0.2) is 5.11 Å². The SMILES string of the molecule is COC(=O)[C@H](CCCCNC(=O)CCCN=[N+]=[N-])NC(=O)OC(C)(C)C. The van der Waals surface area contributed by atoms with Gasteiger partial charge in [-0.25, -0.2) is 9.59 Å². The maximum absolute atomic E-state index is 11.8. The molecule has 10 heteroatoms. The molecule has 0 saturated carbocycles. The molecule has 26 heavy (non-hydrogen) atoms. The van der Waals surface area contributed by atoms with Gasteiger partial charge in [0.25, 0.3) is 0 Å². The lowest BCUT2D eigenvalue weighted by molar-refractivity contribution is -0.143. The molecule has 10 nitrogen and oxygen atoms in total. The third kappa shape index (κ3) is 12.9. The molecule has 0 heterocycles. The quantitative estimate of drug-likeness (QED) is 0.188. The summed E-state index contributed by atoms with van der Waals surface area (Å²) >= 11 is 0. The first-order valence-electron chi connectivity index (χ1n) is 8.54. The lowest BCUT2D eigenvalue weighted by Gasteiger charge is -2.22. The zero-order chi connectivity index (χ0) is 20.0. The van der Waals surface area contributed by atoms with Crippen molar-refractivity contribution >= 4 is 18.0 Å². The van der Waals surface area contributed by atoms with Gasteiger partial charge >= 0.3 is 12.1 Å². The number of carbonyl (C=O) groups excluding carboxylic acids is 3. The van der Waals surface area contributed by atoms with Crippen molar-refractivity contribution < 1.29 is 23.9 Å². The second-order valence-corrected chi connectivity index (χ2v) is 6.63. The number of carbonyl (C=O) groups is 3. The van der Waals surface area contributed by atoms with Gasteiger partial charge in [0.15, 0.2) is 0 Å². The number of esters is 1. The van der Waals surface area contributed by atoms with E-state index in [9.17, 15) is 14.4 Å². The molecule has 0 aromatic rings. The molecular weight excluding hydrogens is 342 g/mol. The number of azide groups is 1. The Hall–Kier alpha value is -2.48. The van der Waals surface area contributed by atoms with Crippen LogP contribution >= 0.6 is 0 Å². The summed E-state index contributed by atoms with van der Waals surface area (Å²) in [6.45, 7) is 5.95. The van der Waals surface area contributed by atoms with Crippen molar-refractivity contribution in [2.24, 2.45) is 5.11 Å². The van der Waals surface area contributed by atoms with E-state index in [1.807, 2.05) is 0 Å². The van der Waals surface area contributed by atoms with Gasteiger partial charge in [-0.05, 0) is 52.0 Å². The molecule has 0 aliphatic heterocycles. The second kappa shape index (κ2) is 12.8. The van der Waals surface area contributed by atoms with Gasteiger partial charge in [-0.1, -0.05) is 5.11 Å². The summed E-state index contributed by atoms with van der Waals surface area (Å²) in [5.41, 5.74) is 7.48. The van der Waals surface area contributed by atoms with Gasteiger partial charge in [-0.3, -0.25) is 4.79 Å². The molecule has 0 rings (SSSR count). The molecule has 1 atom stereocenters. The first kappa shape index (κ1) is 23.5.